The summed E-state index contributed by atoms with van der Waals surface area (Å²) in [5, 5.41) is 73.5. The molecular formula is C29H36O14. The fourth-order valence-electron chi connectivity index (χ4n) is 5.73. The molecule has 3 heterocycles. The molecule has 43 heavy (non-hydrogen) atoms. The highest BCUT2D eigenvalue weighted by molar-refractivity contribution is 6.02. The van der Waals surface area contributed by atoms with Crippen LogP contribution < -0.4 is 18.9 Å². The Morgan fingerprint density at radius 2 is 1.58 bits per heavy atom. The molecule has 0 bridgehead atoms. The maximum Gasteiger partial charge on any atom is 0.268 e. The summed E-state index contributed by atoms with van der Waals surface area (Å²) in [6, 6.07) is 9.27. The second-order valence-corrected chi connectivity index (χ2v) is 10.8. The quantitative estimate of drug-likeness (QED) is 0.197. The minimum atomic E-state index is -2.47. The normalized spacial score (nSPS) is 37.7. The Balaban J connectivity index is 1.46. The van der Waals surface area contributed by atoms with E-state index in [9.17, 15) is 40.5 Å². The van der Waals surface area contributed by atoms with Gasteiger partial charge in [0.15, 0.2) is 18.0 Å². The second-order valence-electron chi connectivity index (χ2n) is 10.8. The van der Waals surface area contributed by atoms with Gasteiger partial charge < -0.3 is 64.2 Å². The molecule has 14 heteroatoms. The lowest BCUT2D eigenvalue weighted by atomic mass is 9.83. The van der Waals surface area contributed by atoms with Gasteiger partial charge in [-0.2, -0.15) is 0 Å². The van der Waals surface area contributed by atoms with Crippen molar-refractivity contribution in [1.29, 1.82) is 0 Å². The molecule has 3 aliphatic rings. The van der Waals surface area contributed by atoms with E-state index in [0.29, 0.717) is 22.6 Å². The average Bonchev–Trinajstić information content (AvgIpc) is 3.01. The molecule has 0 aliphatic carbocycles. The van der Waals surface area contributed by atoms with Crippen LogP contribution >= 0.6 is 0 Å². The van der Waals surface area contributed by atoms with Crippen LogP contribution in [0.15, 0.2) is 36.4 Å². The van der Waals surface area contributed by atoms with E-state index in [-0.39, 0.29) is 23.7 Å². The summed E-state index contributed by atoms with van der Waals surface area (Å²) in [4.78, 5) is 13.0. The molecule has 14 nitrogen and oxygen atoms in total. The molecule has 2 aromatic carbocycles. The van der Waals surface area contributed by atoms with Crippen LogP contribution in [0.4, 0.5) is 0 Å². The van der Waals surface area contributed by atoms with Crippen molar-refractivity contribution >= 4 is 5.78 Å². The Kier molecular flexibility index (Phi) is 8.87. The average molecular weight is 609 g/mol. The van der Waals surface area contributed by atoms with Crippen LogP contribution in [0.5, 0.6) is 23.0 Å². The van der Waals surface area contributed by atoms with Crippen LogP contribution in [-0.2, 0) is 9.47 Å². The highest BCUT2D eigenvalue weighted by atomic mass is 16.7. The third-order valence-electron chi connectivity index (χ3n) is 8.17. The largest absolute Gasteiger partial charge is 0.496 e. The summed E-state index contributed by atoms with van der Waals surface area (Å²) < 4.78 is 34.3. The van der Waals surface area contributed by atoms with Crippen LogP contribution in [0.25, 0.3) is 0 Å². The lowest BCUT2D eigenvalue weighted by Gasteiger charge is -2.54. The Labute approximate surface area is 246 Å². The summed E-state index contributed by atoms with van der Waals surface area (Å²) >= 11 is 0. The van der Waals surface area contributed by atoms with Crippen LogP contribution in [0, 0.1) is 0 Å². The van der Waals surface area contributed by atoms with Gasteiger partial charge in [-0.3, -0.25) is 4.79 Å². The van der Waals surface area contributed by atoms with Gasteiger partial charge in [-0.1, -0.05) is 12.1 Å². The van der Waals surface area contributed by atoms with Crippen molar-refractivity contribution in [2.24, 2.45) is 0 Å². The Hall–Kier alpha value is -3.05. The summed E-state index contributed by atoms with van der Waals surface area (Å²) in [6.07, 6.45) is -15.8. The van der Waals surface area contributed by atoms with E-state index in [1.54, 1.807) is 24.3 Å². The predicted molar refractivity (Wildman–Crippen MR) is 144 cm³/mol. The third kappa shape index (κ3) is 5.43. The number of aliphatic hydroxyl groups excluding tert-OH is 7. The summed E-state index contributed by atoms with van der Waals surface area (Å²) in [5.74, 6) is -1.59. The van der Waals surface area contributed by atoms with Gasteiger partial charge in [0.05, 0.1) is 33.4 Å². The van der Waals surface area contributed by atoms with Crippen molar-refractivity contribution < 1.29 is 69.0 Å². The van der Waals surface area contributed by atoms with Gasteiger partial charge in [-0.25, -0.2) is 0 Å². The number of aliphatic hydroxyl groups is 7. The number of benzene rings is 2. The lowest BCUT2D eigenvalue weighted by Crippen LogP contribution is -2.76. The van der Waals surface area contributed by atoms with Crippen molar-refractivity contribution in [2.75, 3.05) is 20.8 Å². The number of hydrogen-bond donors (Lipinski definition) is 7. The highest BCUT2D eigenvalue weighted by Gasteiger charge is 2.64. The van der Waals surface area contributed by atoms with Gasteiger partial charge in [-0.05, 0) is 24.6 Å². The van der Waals surface area contributed by atoms with Crippen molar-refractivity contribution in [3.05, 3.63) is 47.5 Å². The summed E-state index contributed by atoms with van der Waals surface area (Å²) in [5.41, 5.74) is 0.883. The first-order valence-corrected chi connectivity index (χ1v) is 13.7. The SMILES string of the molecule is COc1cc(OC)c2c(c1)OC(c1ccc(OC3(C4OC(C)C(O)C(O)C4O)OC(CO)C(O)C(O)C3O)cc1)CC2=O. The lowest BCUT2D eigenvalue weighted by molar-refractivity contribution is -0.394. The molecule has 0 saturated carbocycles. The zero-order valence-electron chi connectivity index (χ0n) is 23.6. The van der Waals surface area contributed by atoms with Gasteiger partial charge in [0.2, 0.25) is 0 Å². The molecule has 0 amide bonds. The number of Topliss-reactive ketones (excluding diaryl/α,β-unsaturated/α-hetero) is 1. The van der Waals surface area contributed by atoms with Gasteiger partial charge >= 0.3 is 0 Å². The first-order chi connectivity index (χ1) is 20.4. The summed E-state index contributed by atoms with van der Waals surface area (Å²) in [6.45, 7) is 0.608. The van der Waals surface area contributed by atoms with E-state index in [0.717, 1.165) is 0 Å². The smallest absolute Gasteiger partial charge is 0.268 e. The Morgan fingerprint density at radius 3 is 2.21 bits per heavy atom. The molecule has 0 aromatic heterocycles. The van der Waals surface area contributed by atoms with Crippen LogP contribution in [-0.4, -0.2) is 123 Å². The third-order valence-corrected chi connectivity index (χ3v) is 8.17. The van der Waals surface area contributed by atoms with E-state index in [2.05, 4.69) is 0 Å². The first-order valence-electron chi connectivity index (χ1n) is 13.7. The van der Waals surface area contributed by atoms with Gasteiger partial charge in [0, 0.05) is 12.1 Å². The molecule has 0 radical (unpaired) electrons. The number of hydrogen-bond acceptors (Lipinski definition) is 14. The predicted octanol–water partition coefficient (Wildman–Crippen LogP) is -1.17. The fraction of sp³-hybridized carbons (Fsp3) is 0.552. The minimum absolute atomic E-state index is 0.00409. The molecule has 2 saturated heterocycles. The molecule has 7 N–H and O–H groups in total. The standard InChI is InChI=1S/C29H36O14/c1-12-22(32)24(34)26(36)28(40-12)29(27(37)25(35)23(33)20(11-30)43-29)42-14-6-4-13(5-7-14)17-10-16(31)21-18(39-3)8-15(38-2)9-19(21)41-17/h4-9,12,17,20,22-28,30,32-37H,10-11H2,1-3H3. The fourth-order valence-corrected chi connectivity index (χ4v) is 5.73. The first kappa shape index (κ1) is 31.4. The van der Waals surface area contributed by atoms with E-state index in [1.165, 1.54) is 33.3 Å². The number of carbonyl (C=O) groups excluding carboxylic acids is 1. The molecule has 11 unspecified atom stereocenters. The zero-order valence-corrected chi connectivity index (χ0v) is 23.6. The number of methoxy groups -OCH3 is 2. The van der Waals surface area contributed by atoms with Crippen molar-refractivity contribution in [2.45, 2.75) is 80.2 Å². The summed E-state index contributed by atoms with van der Waals surface area (Å²) in [7, 11) is 2.92. The number of rotatable bonds is 7. The molecule has 0 spiro atoms. The Bertz CT molecular complexity index is 1300. The Morgan fingerprint density at radius 1 is 0.884 bits per heavy atom. The zero-order chi connectivity index (χ0) is 31.2. The number of fused-ring (bicyclic) bond motifs is 1. The van der Waals surface area contributed by atoms with Crippen molar-refractivity contribution in [3.63, 3.8) is 0 Å². The molecule has 5 rings (SSSR count). The molecule has 236 valence electrons. The maximum atomic E-state index is 13.0. The number of carbonyl (C=O) groups is 1. The van der Waals surface area contributed by atoms with E-state index >= 15 is 0 Å². The minimum Gasteiger partial charge on any atom is -0.496 e. The van der Waals surface area contributed by atoms with Crippen molar-refractivity contribution in [3.8, 4) is 23.0 Å². The van der Waals surface area contributed by atoms with Crippen LogP contribution in [0.2, 0.25) is 0 Å². The maximum absolute atomic E-state index is 13.0. The van der Waals surface area contributed by atoms with E-state index < -0.39 is 73.4 Å². The molecule has 2 fully saturated rings. The monoisotopic (exact) mass is 608 g/mol. The van der Waals surface area contributed by atoms with E-state index in [1.807, 2.05) is 0 Å². The number of ketones is 1. The van der Waals surface area contributed by atoms with E-state index in [4.69, 9.17) is 28.4 Å². The van der Waals surface area contributed by atoms with Gasteiger partial charge in [0.25, 0.3) is 5.79 Å². The van der Waals surface area contributed by atoms with Crippen molar-refractivity contribution in [1.82, 2.24) is 0 Å². The van der Waals surface area contributed by atoms with Crippen LogP contribution in [0.1, 0.15) is 35.4 Å². The van der Waals surface area contributed by atoms with Gasteiger partial charge in [0.1, 0.15) is 71.3 Å². The second kappa shape index (κ2) is 12.1. The molecular weight excluding hydrogens is 572 g/mol. The molecule has 2 aromatic rings. The highest BCUT2D eigenvalue weighted by Crippen LogP contribution is 2.44. The topological polar surface area (TPSA) is 214 Å². The molecule has 11 atom stereocenters. The molecule has 3 aliphatic heterocycles. The van der Waals surface area contributed by atoms with Crippen LogP contribution in [0.3, 0.4) is 0 Å². The number of ether oxygens (including phenoxy) is 6. The van der Waals surface area contributed by atoms with Gasteiger partial charge in [-0.15, -0.1) is 0 Å².